The lowest BCUT2D eigenvalue weighted by molar-refractivity contribution is -0.132. The molecule has 1 aromatic carbocycles. The number of nitrogens with one attached hydrogen (secondary N) is 1. The number of carbonyl (C=O) groups is 1. The number of hydrogen-bond donors (Lipinski definition) is 2. The summed E-state index contributed by atoms with van der Waals surface area (Å²) in [7, 11) is 1.88. The summed E-state index contributed by atoms with van der Waals surface area (Å²) in [5, 5.41) is 13.3. The predicted octanol–water partition coefficient (Wildman–Crippen LogP) is 1.92. The fourth-order valence-electron chi connectivity index (χ4n) is 3.70. The van der Waals surface area contributed by atoms with Gasteiger partial charge in [-0.3, -0.25) is 4.79 Å². The molecule has 0 aromatic heterocycles. The number of anilines is 1. The number of hydrogen-bond acceptors (Lipinski definition) is 4. The number of likely N-dealkylation sites (tertiary alicyclic amines) is 1. The first-order chi connectivity index (χ1) is 11.5. The molecule has 2 N–H and O–H groups in total. The Morgan fingerprint density at radius 1 is 1.17 bits per heavy atom. The first-order valence-electron chi connectivity index (χ1n) is 9.06. The molecule has 0 saturated carbocycles. The van der Waals surface area contributed by atoms with Gasteiger partial charge in [-0.15, -0.1) is 0 Å². The molecule has 5 nitrogen and oxygen atoms in total. The molecule has 0 radical (unpaired) electrons. The fourth-order valence-corrected chi connectivity index (χ4v) is 3.70. The topological polar surface area (TPSA) is 55.8 Å². The standard InChI is InChI=1S/C19H29N3O2/c1-14(20-16-5-8-19(24)21(2)13-16)15-3-6-17(7-4-15)22-11-9-18(23)10-12-22/h3-4,6-7,14,16,18,20,23H,5,8-13H2,1-2H3. The highest BCUT2D eigenvalue weighted by Crippen LogP contribution is 2.23. The van der Waals surface area contributed by atoms with Crippen LogP contribution in [0.5, 0.6) is 0 Å². The van der Waals surface area contributed by atoms with Crippen molar-refractivity contribution in [3.63, 3.8) is 0 Å². The van der Waals surface area contributed by atoms with Gasteiger partial charge in [-0.1, -0.05) is 12.1 Å². The van der Waals surface area contributed by atoms with Crippen LogP contribution in [0.25, 0.3) is 0 Å². The number of rotatable bonds is 4. The Morgan fingerprint density at radius 2 is 1.83 bits per heavy atom. The highest BCUT2D eigenvalue weighted by atomic mass is 16.3. The van der Waals surface area contributed by atoms with Crippen LogP contribution in [0.15, 0.2) is 24.3 Å². The van der Waals surface area contributed by atoms with E-state index in [1.165, 1.54) is 11.3 Å². The molecule has 2 saturated heterocycles. The number of benzene rings is 1. The number of piperidine rings is 2. The van der Waals surface area contributed by atoms with E-state index in [-0.39, 0.29) is 18.1 Å². The summed E-state index contributed by atoms with van der Waals surface area (Å²) in [6, 6.07) is 9.38. The number of carbonyl (C=O) groups excluding carboxylic acids is 1. The average Bonchev–Trinajstić information content (AvgIpc) is 2.59. The van der Waals surface area contributed by atoms with Crippen molar-refractivity contribution >= 4 is 11.6 Å². The molecular weight excluding hydrogens is 302 g/mol. The molecule has 0 bridgehead atoms. The minimum absolute atomic E-state index is 0.134. The van der Waals surface area contributed by atoms with Crippen molar-refractivity contribution in [3.8, 4) is 0 Å². The van der Waals surface area contributed by atoms with Gasteiger partial charge in [0.1, 0.15) is 0 Å². The van der Waals surface area contributed by atoms with Gasteiger partial charge in [0.15, 0.2) is 0 Å². The second-order valence-corrected chi connectivity index (χ2v) is 7.21. The van der Waals surface area contributed by atoms with E-state index in [2.05, 4.69) is 41.4 Å². The molecule has 1 amide bonds. The number of likely N-dealkylation sites (N-methyl/N-ethyl adjacent to an activating group) is 1. The second-order valence-electron chi connectivity index (χ2n) is 7.21. The van der Waals surface area contributed by atoms with Crippen LogP contribution >= 0.6 is 0 Å². The van der Waals surface area contributed by atoms with Crippen LogP contribution in [0.3, 0.4) is 0 Å². The monoisotopic (exact) mass is 331 g/mol. The van der Waals surface area contributed by atoms with Gasteiger partial charge in [-0.25, -0.2) is 0 Å². The van der Waals surface area contributed by atoms with Gasteiger partial charge in [0, 0.05) is 50.9 Å². The molecule has 1 aromatic rings. The van der Waals surface area contributed by atoms with Crippen molar-refractivity contribution in [2.75, 3.05) is 31.6 Å². The second kappa shape index (κ2) is 7.53. The highest BCUT2D eigenvalue weighted by molar-refractivity contribution is 5.76. The largest absolute Gasteiger partial charge is 0.393 e. The zero-order chi connectivity index (χ0) is 17.1. The highest BCUT2D eigenvalue weighted by Gasteiger charge is 2.24. The molecule has 3 rings (SSSR count). The molecule has 0 spiro atoms. The Morgan fingerprint density at radius 3 is 2.46 bits per heavy atom. The van der Waals surface area contributed by atoms with Crippen LogP contribution in [0.2, 0.25) is 0 Å². The first-order valence-corrected chi connectivity index (χ1v) is 9.06. The van der Waals surface area contributed by atoms with Crippen LogP contribution in [0.1, 0.15) is 44.2 Å². The van der Waals surface area contributed by atoms with Crippen LogP contribution in [0.4, 0.5) is 5.69 Å². The minimum Gasteiger partial charge on any atom is -0.393 e. The van der Waals surface area contributed by atoms with Crippen molar-refractivity contribution in [1.29, 1.82) is 0 Å². The Labute approximate surface area is 144 Å². The summed E-state index contributed by atoms with van der Waals surface area (Å²) in [4.78, 5) is 15.7. The summed E-state index contributed by atoms with van der Waals surface area (Å²) in [6.07, 6.45) is 3.13. The van der Waals surface area contributed by atoms with E-state index in [9.17, 15) is 9.90 Å². The average molecular weight is 331 g/mol. The Bertz CT molecular complexity index is 552. The van der Waals surface area contributed by atoms with Crippen molar-refractivity contribution in [2.45, 2.75) is 50.8 Å². The molecular formula is C19H29N3O2. The van der Waals surface area contributed by atoms with Crippen LogP contribution in [-0.4, -0.2) is 54.7 Å². The summed E-state index contributed by atoms with van der Waals surface area (Å²) in [6.45, 7) is 4.83. The lowest BCUT2D eigenvalue weighted by atomic mass is 10.0. The maximum absolute atomic E-state index is 11.6. The smallest absolute Gasteiger partial charge is 0.222 e. The molecule has 2 aliphatic rings. The zero-order valence-corrected chi connectivity index (χ0v) is 14.7. The molecule has 2 aliphatic heterocycles. The molecule has 24 heavy (non-hydrogen) atoms. The Hall–Kier alpha value is -1.59. The summed E-state index contributed by atoms with van der Waals surface area (Å²) in [5.41, 5.74) is 2.51. The fraction of sp³-hybridized carbons (Fsp3) is 0.632. The molecule has 2 fully saturated rings. The number of nitrogens with zero attached hydrogens (tertiary/aromatic N) is 2. The molecule has 2 atom stereocenters. The predicted molar refractivity (Wildman–Crippen MR) is 96.1 cm³/mol. The summed E-state index contributed by atoms with van der Waals surface area (Å²) in [5.74, 6) is 0.247. The Balaban J connectivity index is 1.56. The molecule has 5 heteroatoms. The van der Waals surface area contributed by atoms with E-state index in [1.54, 1.807) is 0 Å². The van der Waals surface area contributed by atoms with Crippen LogP contribution < -0.4 is 10.2 Å². The third-order valence-electron chi connectivity index (χ3n) is 5.34. The molecule has 2 unspecified atom stereocenters. The van der Waals surface area contributed by atoms with Crippen LogP contribution in [-0.2, 0) is 4.79 Å². The molecule has 0 aliphatic carbocycles. The Kier molecular flexibility index (Phi) is 5.41. The van der Waals surface area contributed by atoms with Crippen molar-refractivity contribution in [2.24, 2.45) is 0 Å². The zero-order valence-electron chi connectivity index (χ0n) is 14.7. The number of amides is 1. The third-order valence-corrected chi connectivity index (χ3v) is 5.34. The van der Waals surface area contributed by atoms with Crippen molar-refractivity contribution < 1.29 is 9.90 Å². The van der Waals surface area contributed by atoms with E-state index in [0.717, 1.165) is 38.9 Å². The molecule has 132 valence electrons. The van der Waals surface area contributed by atoms with E-state index >= 15 is 0 Å². The number of aliphatic hydroxyl groups is 1. The minimum atomic E-state index is -0.134. The lowest BCUT2D eigenvalue weighted by Crippen LogP contribution is -2.47. The van der Waals surface area contributed by atoms with E-state index in [0.29, 0.717) is 12.5 Å². The van der Waals surface area contributed by atoms with Gasteiger partial charge in [-0.2, -0.15) is 0 Å². The normalized spacial score (nSPS) is 24.3. The lowest BCUT2D eigenvalue weighted by Gasteiger charge is -2.33. The van der Waals surface area contributed by atoms with E-state index in [4.69, 9.17) is 0 Å². The van der Waals surface area contributed by atoms with Gasteiger partial charge >= 0.3 is 0 Å². The summed E-state index contributed by atoms with van der Waals surface area (Å²) < 4.78 is 0. The molecule has 2 heterocycles. The van der Waals surface area contributed by atoms with Gasteiger partial charge in [0.05, 0.1) is 6.10 Å². The number of aliphatic hydroxyl groups excluding tert-OH is 1. The van der Waals surface area contributed by atoms with Crippen molar-refractivity contribution in [1.82, 2.24) is 10.2 Å². The maximum Gasteiger partial charge on any atom is 0.222 e. The SMILES string of the molecule is CC(NC1CCC(=O)N(C)C1)c1ccc(N2CCC(O)CC2)cc1. The first kappa shape index (κ1) is 17.2. The third kappa shape index (κ3) is 4.08. The van der Waals surface area contributed by atoms with Gasteiger partial charge in [0.2, 0.25) is 5.91 Å². The summed E-state index contributed by atoms with van der Waals surface area (Å²) >= 11 is 0. The van der Waals surface area contributed by atoms with Gasteiger partial charge in [-0.05, 0) is 43.9 Å². The van der Waals surface area contributed by atoms with E-state index < -0.39 is 0 Å². The van der Waals surface area contributed by atoms with Gasteiger partial charge in [0.25, 0.3) is 0 Å². The van der Waals surface area contributed by atoms with Crippen molar-refractivity contribution in [3.05, 3.63) is 29.8 Å². The van der Waals surface area contributed by atoms with Crippen LogP contribution in [0, 0.1) is 0 Å². The van der Waals surface area contributed by atoms with Gasteiger partial charge < -0.3 is 20.2 Å². The quantitative estimate of drug-likeness (QED) is 0.885. The van der Waals surface area contributed by atoms with E-state index in [1.807, 2.05) is 11.9 Å². The maximum atomic E-state index is 11.6.